The lowest BCUT2D eigenvalue weighted by molar-refractivity contribution is 0.0945. The third-order valence-corrected chi connectivity index (χ3v) is 5.59. The molecule has 0 aliphatic heterocycles. The van der Waals surface area contributed by atoms with Gasteiger partial charge in [-0.3, -0.25) is 9.69 Å². The molecule has 1 amide bonds. The summed E-state index contributed by atoms with van der Waals surface area (Å²) in [6.07, 6.45) is 1.32. The maximum Gasteiger partial charge on any atom is 0.273 e. The molecule has 0 fully saturated rings. The quantitative estimate of drug-likeness (QED) is 0.350. The summed E-state index contributed by atoms with van der Waals surface area (Å²) in [5.74, 6) is -0.622. The van der Waals surface area contributed by atoms with E-state index in [0.717, 1.165) is 16.7 Å². The fourth-order valence-electron chi connectivity index (χ4n) is 3.68. The molecule has 0 saturated carbocycles. The Kier molecular flexibility index (Phi) is 7.44. The number of rotatable bonds is 9. The number of nitrogens with one attached hydrogen (secondary N) is 1. The van der Waals surface area contributed by atoms with Crippen LogP contribution in [0, 0.1) is 11.6 Å². The van der Waals surface area contributed by atoms with Gasteiger partial charge in [0.2, 0.25) is 5.89 Å². The summed E-state index contributed by atoms with van der Waals surface area (Å²) in [4.78, 5) is 19.0. The summed E-state index contributed by atoms with van der Waals surface area (Å²) >= 11 is 0. The van der Waals surface area contributed by atoms with Crippen LogP contribution in [0.3, 0.4) is 0 Å². The van der Waals surface area contributed by atoms with Gasteiger partial charge < -0.3 is 9.73 Å². The van der Waals surface area contributed by atoms with Crippen LogP contribution >= 0.6 is 0 Å². The minimum atomic E-state index is -0.382. The van der Waals surface area contributed by atoms with Crippen LogP contribution in [0.5, 0.6) is 0 Å². The highest BCUT2D eigenvalue weighted by molar-refractivity contribution is 5.91. The molecule has 1 aromatic heterocycles. The van der Waals surface area contributed by atoms with E-state index in [1.54, 1.807) is 18.2 Å². The molecular weight excluding hydrogens is 436 g/mol. The Morgan fingerprint density at radius 3 is 2.44 bits per heavy atom. The van der Waals surface area contributed by atoms with Crippen LogP contribution in [0.1, 0.15) is 46.0 Å². The molecule has 1 N–H and O–H groups in total. The molecule has 5 nitrogen and oxygen atoms in total. The van der Waals surface area contributed by atoms with Crippen LogP contribution in [0.25, 0.3) is 0 Å². The maximum absolute atomic E-state index is 13.8. The number of nitrogens with zero attached hydrogens (tertiary/aromatic N) is 2. The van der Waals surface area contributed by atoms with E-state index in [4.69, 9.17) is 4.42 Å². The van der Waals surface area contributed by atoms with Gasteiger partial charge in [0.15, 0.2) is 5.69 Å². The first kappa shape index (κ1) is 23.3. The topological polar surface area (TPSA) is 58.4 Å². The van der Waals surface area contributed by atoms with Gasteiger partial charge in [-0.05, 0) is 47.9 Å². The van der Waals surface area contributed by atoms with E-state index in [-0.39, 0.29) is 35.8 Å². The first-order valence-corrected chi connectivity index (χ1v) is 11.0. The van der Waals surface area contributed by atoms with Crippen molar-refractivity contribution in [2.45, 2.75) is 32.6 Å². The van der Waals surface area contributed by atoms with Crippen LogP contribution < -0.4 is 5.32 Å². The smallest absolute Gasteiger partial charge is 0.273 e. The fraction of sp³-hybridized carbons (Fsp3) is 0.185. The van der Waals surface area contributed by atoms with Crippen LogP contribution in [-0.2, 0) is 19.6 Å². The van der Waals surface area contributed by atoms with Gasteiger partial charge in [-0.1, -0.05) is 54.6 Å². The molecule has 0 saturated heterocycles. The van der Waals surface area contributed by atoms with Gasteiger partial charge >= 0.3 is 0 Å². The molecule has 34 heavy (non-hydrogen) atoms. The van der Waals surface area contributed by atoms with Crippen molar-refractivity contribution in [3.8, 4) is 0 Å². The lowest BCUT2D eigenvalue weighted by atomic mass is 10.1. The zero-order chi connectivity index (χ0) is 23.9. The SMILES string of the molecule is CC(c1ccccc1)N(Cc1cccc(F)c1)Cc1nc(C(=O)NCc2ccc(F)cc2)co1. The number of carbonyl (C=O) groups is 1. The number of amides is 1. The van der Waals surface area contributed by atoms with Gasteiger partial charge in [0.1, 0.15) is 17.9 Å². The van der Waals surface area contributed by atoms with E-state index >= 15 is 0 Å². The highest BCUT2D eigenvalue weighted by Gasteiger charge is 2.20. The highest BCUT2D eigenvalue weighted by Crippen LogP contribution is 2.24. The summed E-state index contributed by atoms with van der Waals surface area (Å²) in [5.41, 5.74) is 2.86. The standard InChI is InChI=1S/C27H25F2N3O2/c1-19(22-7-3-2-4-8-22)32(16-21-6-5-9-24(29)14-21)17-26-31-25(18-34-26)27(33)30-15-20-10-12-23(28)13-11-20/h2-14,18-19H,15-17H2,1H3,(H,30,33). The van der Waals surface area contributed by atoms with E-state index in [0.29, 0.717) is 19.0 Å². The van der Waals surface area contributed by atoms with Crippen molar-refractivity contribution in [2.75, 3.05) is 0 Å². The minimum Gasteiger partial charge on any atom is -0.447 e. The summed E-state index contributed by atoms with van der Waals surface area (Å²) < 4.78 is 32.4. The van der Waals surface area contributed by atoms with Gasteiger partial charge in [-0.15, -0.1) is 0 Å². The fourth-order valence-corrected chi connectivity index (χ4v) is 3.68. The number of carbonyl (C=O) groups excluding carboxylic acids is 1. The molecule has 0 spiro atoms. The molecule has 4 aromatic rings. The molecule has 1 unspecified atom stereocenters. The van der Waals surface area contributed by atoms with Crippen LogP contribution in [0.2, 0.25) is 0 Å². The summed E-state index contributed by atoms with van der Waals surface area (Å²) in [7, 11) is 0. The maximum atomic E-state index is 13.8. The average molecular weight is 462 g/mol. The van der Waals surface area contributed by atoms with Crippen LogP contribution in [0.4, 0.5) is 8.78 Å². The second-order valence-electron chi connectivity index (χ2n) is 8.06. The van der Waals surface area contributed by atoms with Crippen molar-refractivity contribution in [3.05, 3.63) is 125 Å². The summed E-state index contributed by atoms with van der Waals surface area (Å²) in [6.45, 7) is 3.12. The molecule has 0 aliphatic carbocycles. The van der Waals surface area contributed by atoms with Crippen molar-refractivity contribution in [2.24, 2.45) is 0 Å². The molecule has 0 bridgehead atoms. The van der Waals surface area contributed by atoms with Gasteiger partial charge in [0.25, 0.3) is 5.91 Å². The van der Waals surface area contributed by atoms with E-state index in [1.165, 1.54) is 30.5 Å². The molecule has 1 heterocycles. The van der Waals surface area contributed by atoms with Crippen LogP contribution in [-0.4, -0.2) is 15.8 Å². The minimum absolute atomic E-state index is 0.00730. The second kappa shape index (κ2) is 10.9. The van der Waals surface area contributed by atoms with E-state index in [2.05, 4.69) is 22.1 Å². The molecule has 174 valence electrons. The third kappa shape index (κ3) is 6.14. The molecule has 7 heteroatoms. The van der Waals surface area contributed by atoms with Gasteiger partial charge in [0.05, 0.1) is 6.54 Å². The summed E-state index contributed by atoms with van der Waals surface area (Å²) in [5, 5.41) is 2.76. The van der Waals surface area contributed by atoms with Crippen molar-refractivity contribution < 1.29 is 18.0 Å². The number of hydrogen-bond acceptors (Lipinski definition) is 4. The van der Waals surface area contributed by atoms with E-state index in [9.17, 15) is 13.6 Å². The zero-order valence-electron chi connectivity index (χ0n) is 18.7. The van der Waals surface area contributed by atoms with Crippen molar-refractivity contribution in [3.63, 3.8) is 0 Å². The molecule has 4 rings (SSSR count). The predicted molar refractivity (Wildman–Crippen MR) is 125 cm³/mol. The van der Waals surface area contributed by atoms with Crippen molar-refractivity contribution in [1.29, 1.82) is 0 Å². The first-order valence-electron chi connectivity index (χ1n) is 11.0. The Morgan fingerprint density at radius 1 is 0.941 bits per heavy atom. The Balaban J connectivity index is 1.46. The van der Waals surface area contributed by atoms with E-state index in [1.807, 2.05) is 36.4 Å². The second-order valence-corrected chi connectivity index (χ2v) is 8.06. The molecule has 3 aromatic carbocycles. The van der Waals surface area contributed by atoms with Gasteiger partial charge in [0, 0.05) is 19.1 Å². The van der Waals surface area contributed by atoms with Crippen molar-refractivity contribution >= 4 is 5.91 Å². The zero-order valence-corrected chi connectivity index (χ0v) is 18.7. The number of hydrogen-bond donors (Lipinski definition) is 1. The van der Waals surface area contributed by atoms with Gasteiger partial charge in [-0.2, -0.15) is 0 Å². The highest BCUT2D eigenvalue weighted by atomic mass is 19.1. The van der Waals surface area contributed by atoms with Gasteiger partial charge in [-0.25, -0.2) is 13.8 Å². The van der Waals surface area contributed by atoms with Crippen LogP contribution in [0.15, 0.2) is 89.5 Å². The number of halogens is 2. The predicted octanol–water partition coefficient (Wildman–Crippen LogP) is 5.65. The molecule has 0 aliphatic rings. The Hall–Kier alpha value is -3.84. The largest absolute Gasteiger partial charge is 0.447 e. The first-order chi connectivity index (χ1) is 16.5. The molecule has 1 atom stereocenters. The Labute approximate surface area is 197 Å². The number of benzene rings is 3. The average Bonchev–Trinajstić information content (AvgIpc) is 3.32. The lowest BCUT2D eigenvalue weighted by Crippen LogP contribution is -2.27. The number of aromatic nitrogens is 1. The Morgan fingerprint density at radius 2 is 1.71 bits per heavy atom. The monoisotopic (exact) mass is 461 g/mol. The Bertz CT molecular complexity index is 1230. The lowest BCUT2D eigenvalue weighted by Gasteiger charge is -2.28. The third-order valence-electron chi connectivity index (χ3n) is 5.59. The van der Waals surface area contributed by atoms with Crippen molar-refractivity contribution in [1.82, 2.24) is 15.2 Å². The molecular formula is C27H25F2N3O2. The van der Waals surface area contributed by atoms with E-state index < -0.39 is 0 Å². The molecule has 0 radical (unpaired) electrons. The number of oxazole rings is 1. The normalized spacial score (nSPS) is 12.0. The summed E-state index contributed by atoms with van der Waals surface area (Å²) in [6, 6.07) is 22.4.